The predicted octanol–water partition coefficient (Wildman–Crippen LogP) is 2.41. The van der Waals surface area contributed by atoms with E-state index in [4.69, 9.17) is 0 Å². The number of aromatic nitrogens is 4. The van der Waals surface area contributed by atoms with Gasteiger partial charge >= 0.3 is 0 Å². The summed E-state index contributed by atoms with van der Waals surface area (Å²) in [5, 5.41) is 7.90. The number of H-pyrrole nitrogens is 1. The first kappa shape index (κ1) is 13.8. The molecule has 2 aromatic heterocycles. The van der Waals surface area contributed by atoms with Gasteiger partial charge in [-0.2, -0.15) is 5.10 Å². The maximum Gasteiger partial charge on any atom is 0.120 e. The molecule has 0 aliphatic rings. The molecule has 0 bridgehead atoms. The van der Waals surface area contributed by atoms with Crippen molar-refractivity contribution in [1.82, 2.24) is 25.1 Å². The van der Waals surface area contributed by atoms with Crippen LogP contribution in [0.15, 0.2) is 6.20 Å². The van der Waals surface area contributed by atoms with Crippen molar-refractivity contribution >= 4 is 0 Å². The van der Waals surface area contributed by atoms with Crippen molar-refractivity contribution in [3.8, 4) is 11.3 Å². The second-order valence-electron chi connectivity index (χ2n) is 5.14. The first-order valence-corrected chi connectivity index (χ1v) is 6.84. The van der Waals surface area contributed by atoms with Gasteiger partial charge in [0.1, 0.15) is 5.82 Å². The van der Waals surface area contributed by atoms with Crippen molar-refractivity contribution in [2.45, 2.75) is 53.8 Å². The molecule has 0 aliphatic heterocycles. The molecule has 0 spiro atoms. The van der Waals surface area contributed by atoms with E-state index < -0.39 is 0 Å². The molecule has 0 fully saturated rings. The molecule has 19 heavy (non-hydrogen) atoms. The summed E-state index contributed by atoms with van der Waals surface area (Å²) in [6, 6.07) is 0.458. The van der Waals surface area contributed by atoms with Crippen LogP contribution in [0.5, 0.6) is 0 Å². The molecule has 0 saturated heterocycles. The van der Waals surface area contributed by atoms with Gasteiger partial charge in [0, 0.05) is 23.8 Å². The minimum Gasteiger partial charge on any atom is -0.341 e. The topological polar surface area (TPSA) is 58.5 Å². The van der Waals surface area contributed by atoms with Crippen molar-refractivity contribution in [3.05, 3.63) is 23.4 Å². The van der Waals surface area contributed by atoms with Crippen LogP contribution in [0.1, 0.15) is 38.0 Å². The zero-order chi connectivity index (χ0) is 14.0. The minimum atomic E-state index is 0.458. The summed E-state index contributed by atoms with van der Waals surface area (Å²) in [7, 11) is 0. The molecular weight excluding hydrogens is 238 g/mol. The molecule has 2 aromatic rings. The normalized spacial score (nSPS) is 11.5. The van der Waals surface area contributed by atoms with E-state index in [9.17, 15) is 0 Å². The van der Waals surface area contributed by atoms with E-state index in [0.717, 1.165) is 30.3 Å². The van der Waals surface area contributed by atoms with Crippen molar-refractivity contribution in [1.29, 1.82) is 0 Å². The van der Waals surface area contributed by atoms with Gasteiger partial charge in [-0.05, 0) is 20.8 Å². The first-order chi connectivity index (χ1) is 9.02. The van der Waals surface area contributed by atoms with Crippen LogP contribution in [-0.4, -0.2) is 25.8 Å². The number of aromatic amines is 1. The fourth-order valence-electron chi connectivity index (χ4n) is 2.27. The Morgan fingerprint density at radius 1 is 1.37 bits per heavy atom. The van der Waals surface area contributed by atoms with E-state index in [0.29, 0.717) is 6.04 Å². The largest absolute Gasteiger partial charge is 0.341 e. The molecule has 0 saturated carbocycles. The predicted molar refractivity (Wildman–Crippen MR) is 76.9 cm³/mol. The molecule has 5 heteroatoms. The molecule has 0 aromatic carbocycles. The second kappa shape index (κ2) is 5.57. The fraction of sp³-hybridized carbons (Fsp3) is 0.571. The Balaban J connectivity index is 2.25. The number of hydrogen-bond donors (Lipinski definition) is 2. The van der Waals surface area contributed by atoms with Gasteiger partial charge in [-0.25, -0.2) is 4.98 Å². The molecule has 2 N–H and O–H groups in total. The highest BCUT2D eigenvalue weighted by Crippen LogP contribution is 2.25. The summed E-state index contributed by atoms with van der Waals surface area (Å²) in [6.45, 7) is 12.2. The fourth-order valence-corrected chi connectivity index (χ4v) is 2.27. The van der Waals surface area contributed by atoms with Crippen LogP contribution in [0, 0.1) is 13.8 Å². The summed E-state index contributed by atoms with van der Waals surface area (Å²) in [6.07, 6.45) is 1.90. The lowest BCUT2D eigenvalue weighted by atomic mass is 10.1. The average molecular weight is 261 g/mol. The Labute approximate surface area is 114 Å². The lowest BCUT2D eigenvalue weighted by Gasteiger charge is -2.05. The number of hydrogen-bond acceptors (Lipinski definition) is 3. The Morgan fingerprint density at radius 2 is 2.11 bits per heavy atom. The molecule has 0 unspecified atom stereocenters. The molecule has 0 atom stereocenters. The Bertz CT molecular complexity index is 550. The van der Waals surface area contributed by atoms with Crippen LogP contribution in [0.4, 0.5) is 0 Å². The highest BCUT2D eigenvalue weighted by molar-refractivity contribution is 5.64. The van der Waals surface area contributed by atoms with Crippen molar-refractivity contribution in [2.24, 2.45) is 0 Å². The van der Waals surface area contributed by atoms with Crippen LogP contribution in [0.3, 0.4) is 0 Å². The summed E-state index contributed by atoms with van der Waals surface area (Å²) < 4.78 is 2.03. The zero-order valence-electron chi connectivity index (χ0n) is 12.4. The minimum absolute atomic E-state index is 0.458. The maximum atomic E-state index is 4.54. The summed E-state index contributed by atoms with van der Waals surface area (Å²) in [4.78, 5) is 7.80. The van der Waals surface area contributed by atoms with Crippen LogP contribution in [0.25, 0.3) is 11.3 Å². The number of rotatable bonds is 5. The highest BCUT2D eigenvalue weighted by atomic mass is 15.3. The van der Waals surface area contributed by atoms with Gasteiger partial charge < -0.3 is 10.3 Å². The monoisotopic (exact) mass is 261 g/mol. The van der Waals surface area contributed by atoms with E-state index in [1.165, 1.54) is 11.3 Å². The molecule has 104 valence electrons. The van der Waals surface area contributed by atoms with Crippen LogP contribution >= 0.6 is 0 Å². The second-order valence-corrected chi connectivity index (χ2v) is 5.14. The van der Waals surface area contributed by atoms with Crippen LogP contribution < -0.4 is 5.32 Å². The van der Waals surface area contributed by atoms with Gasteiger partial charge in [0.05, 0.1) is 24.1 Å². The van der Waals surface area contributed by atoms with Gasteiger partial charge in [0.2, 0.25) is 0 Å². The van der Waals surface area contributed by atoms with E-state index in [2.05, 4.69) is 48.1 Å². The summed E-state index contributed by atoms with van der Waals surface area (Å²) in [5.41, 5.74) is 4.46. The standard InChI is InChI=1S/C14H23N5/c1-6-19-11(5)14(10(4)18-19)12-7-16-13(17-12)8-15-9(2)3/h7,9,15H,6,8H2,1-5H3,(H,16,17). The average Bonchev–Trinajstić information content (AvgIpc) is 2.91. The van der Waals surface area contributed by atoms with E-state index in [1.54, 1.807) is 0 Å². The first-order valence-electron chi connectivity index (χ1n) is 6.84. The molecule has 2 heterocycles. The lowest BCUT2D eigenvalue weighted by Crippen LogP contribution is -2.22. The molecule has 0 amide bonds. The summed E-state index contributed by atoms with van der Waals surface area (Å²) >= 11 is 0. The van der Waals surface area contributed by atoms with Gasteiger partial charge in [0.25, 0.3) is 0 Å². The number of nitrogens with zero attached hydrogens (tertiary/aromatic N) is 3. The van der Waals surface area contributed by atoms with E-state index in [1.807, 2.05) is 17.8 Å². The maximum absolute atomic E-state index is 4.54. The van der Waals surface area contributed by atoms with Gasteiger partial charge in [0.15, 0.2) is 0 Å². The Morgan fingerprint density at radius 3 is 2.68 bits per heavy atom. The third-order valence-electron chi connectivity index (χ3n) is 3.26. The molecule has 5 nitrogen and oxygen atoms in total. The third-order valence-corrected chi connectivity index (χ3v) is 3.26. The molecular formula is C14H23N5. The molecule has 0 aliphatic carbocycles. The molecule has 0 radical (unpaired) electrons. The summed E-state index contributed by atoms with van der Waals surface area (Å²) in [5.74, 6) is 0.965. The lowest BCUT2D eigenvalue weighted by molar-refractivity contribution is 0.575. The van der Waals surface area contributed by atoms with Crippen molar-refractivity contribution < 1.29 is 0 Å². The van der Waals surface area contributed by atoms with E-state index in [-0.39, 0.29) is 0 Å². The number of imidazole rings is 1. The van der Waals surface area contributed by atoms with Crippen LogP contribution in [-0.2, 0) is 13.1 Å². The van der Waals surface area contributed by atoms with Crippen molar-refractivity contribution in [3.63, 3.8) is 0 Å². The van der Waals surface area contributed by atoms with Crippen molar-refractivity contribution in [2.75, 3.05) is 0 Å². The SMILES string of the molecule is CCn1nc(C)c(-c2cnc(CNC(C)C)[nH]2)c1C. The Kier molecular flexibility index (Phi) is 4.04. The molecule has 2 rings (SSSR count). The van der Waals surface area contributed by atoms with Gasteiger partial charge in [-0.3, -0.25) is 4.68 Å². The highest BCUT2D eigenvalue weighted by Gasteiger charge is 2.14. The number of nitrogens with one attached hydrogen (secondary N) is 2. The Hall–Kier alpha value is -1.62. The van der Waals surface area contributed by atoms with Gasteiger partial charge in [-0.15, -0.1) is 0 Å². The van der Waals surface area contributed by atoms with Crippen LogP contribution in [0.2, 0.25) is 0 Å². The smallest absolute Gasteiger partial charge is 0.120 e. The van der Waals surface area contributed by atoms with Gasteiger partial charge in [-0.1, -0.05) is 13.8 Å². The number of aryl methyl sites for hydroxylation is 2. The quantitative estimate of drug-likeness (QED) is 0.869. The van der Waals surface area contributed by atoms with E-state index >= 15 is 0 Å². The third kappa shape index (κ3) is 2.87. The zero-order valence-corrected chi connectivity index (χ0v) is 12.4.